The van der Waals surface area contributed by atoms with E-state index in [9.17, 15) is 19.2 Å². The van der Waals surface area contributed by atoms with Gasteiger partial charge in [-0.3, -0.25) is 19.3 Å². The lowest BCUT2D eigenvalue weighted by Crippen LogP contribution is -2.64. The highest BCUT2D eigenvalue weighted by atomic mass is 16.5. The minimum Gasteiger partial charge on any atom is -0.462 e. The molecule has 4 rings (SSSR count). The monoisotopic (exact) mass is 490 g/mol. The third kappa shape index (κ3) is 4.43. The van der Waals surface area contributed by atoms with Crippen LogP contribution in [0.15, 0.2) is 54.6 Å². The SMILES string of the molecule is CCCOC(=O)c1ccc(NC(=O)C(Cc2ccccc2)N2C(=O)C3CCC(C)(C2=O)C3(C)C)cc1. The zero-order chi connectivity index (χ0) is 26.1. The summed E-state index contributed by atoms with van der Waals surface area (Å²) in [6, 6.07) is 14.8. The van der Waals surface area contributed by atoms with Crippen molar-refractivity contribution in [3.63, 3.8) is 0 Å². The molecule has 7 heteroatoms. The molecule has 2 fully saturated rings. The van der Waals surface area contributed by atoms with Crippen LogP contribution in [0.2, 0.25) is 0 Å². The van der Waals surface area contributed by atoms with Gasteiger partial charge in [0.05, 0.1) is 17.6 Å². The molecule has 7 nitrogen and oxygen atoms in total. The van der Waals surface area contributed by atoms with Gasteiger partial charge < -0.3 is 10.1 Å². The molecule has 1 saturated carbocycles. The van der Waals surface area contributed by atoms with Gasteiger partial charge in [0, 0.05) is 18.0 Å². The van der Waals surface area contributed by atoms with Crippen molar-refractivity contribution in [2.75, 3.05) is 11.9 Å². The second-order valence-corrected chi connectivity index (χ2v) is 10.6. The Kier molecular flexibility index (Phi) is 7.03. The maximum Gasteiger partial charge on any atom is 0.338 e. The number of likely N-dealkylation sites (tertiary alicyclic amines) is 1. The van der Waals surface area contributed by atoms with Gasteiger partial charge in [0.15, 0.2) is 0 Å². The van der Waals surface area contributed by atoms with E-state index >= 15 is 0 Å². The molecule has 1 heterocycles. The summed E-state index contributed by atoms with van der Waals surface area (Å²) in [6.07, 6.45) is 2.21. The van der Waals surface area contributed by atoms with Crippen LogP contribution in [0.5, 0.6) is 0 Å². The average Bonchev–Trinajstić information content (AvgIpc) is 3.05. The van der Waals surface area contributed by atoms with Crippen LogP contribution < -0.4 is 5.32 Å². The van der Waals surface area contributed by atoms with Gasteiger partial charge in [-0.05, 0) is 54.5 Å². The van der Waals surface area contributed by atoms with E-state index < -0.39 is 28.7 Å². The van der Waals surface area contributed by atoms with Crippen molar-refractivity contribution in [2.24, 2.45) is 16.7 Å². The Morgan fingerprint density at radius 1 is 1.06 bits per heavy atom. The van der Waals surface area contributed by atoms with Gasteiger partial charge in [0.25, 0.3) is 0 Å². The number of fused-ring (bicyclic) bond motifs is 2. The molecule has 0 spiro atoms. The molecule has 3 amide bonds. The number of benzene rings is 2. The fraction of sp³-hybridized carbons (Fsp3) is 0.448. The number of rotatable bonds is 8. The van der Waals surface area contributed by atoms with Crippen LogP contribution in [0.25, 0.3) is 0 Å². The number of ether oxygens (including phenoxy) is 1. The molecule has 36 heavy (non-hydrogen) atoms. The van der Waals surface area contributed by atoms with Gasteiger partial charge in [-0.2, -0.15) is 0 Å². The summed E-state index contributed by atoms with van der Waals surface area (Å²) >= 11 is 0. The zero-order valence-corrected chi connectivity index (χ0v) is 21.4. The van der Waals surface area contributed by atoms with Gasteiger partial charge in [0.2, 0.25) is 17.7 Å². The van der Waals surface area contributed by atoms with Crippen LogP contribution in [0, 0.1) is 16.7 Å². The molecule has 0 aromatic heterocycles. The van der Waals surface area contributed by atoms with Crippen LogP contribution in [0.3, 0.4) is 0 Å². The number of esters is 1. The van der Waals surface area contributed by atoms with E-state index in [0.29, 0.717) is 30.7 Å². The quantitative estimate of drug-likeness (QED) is 0.431. The Bertz CT molecular complexity index is 1160. The van der Waals surface area contributed by atoms with Crippen LogP contribution in [0.1, 0.15) is 62.9 Å². The van der Waals surface area contributed by atoms with E-state index in [1.54, 1.807) is 24.3 Å². The van der Waals surface area contributed by atoms with E-state index in [4.69, 9.17) is 4.74 Å². The Morgan fingerprint density at radius 3 is 2.36 bits per heavy atom. The predicted molar refractivity (Wildman–Crippen MR) is 136 cm³/mol. The molecule has 3 atom stereocenters. The van der Waals surface area contributed by atoms with Gasteiger partial charge in [0.1, 0.15) is 6.04 Å². The number of imide groups is 1. The molecular formula is C29H34N2O5. The second kappa shape index (κ2) is 9.88. The van der Waals surface area contributed by atoms with Gasteiger partial charge >= 0.3 is 5.97 Å². The molecule has 2 bridgehead atoms. The van der Waals surface area contributed by atoms with E-state index in [1.807, 2.05) is 58.0 Å². The van der Waals surface area contributed by atoms with Crippen LogP contribution in [0.4, 0.5) is 5.69 Å². The first-order valence-electron chi connectivity index (χ1n) is 12.6. The molecule has 0 radical (unpaired) electrons. The smallest absolute Gasteiger partial charge is 0.338 e. The number of piperidine rings is 1. The molecule has 1 N–H and O–H groups in total. The van der Waals surface area contributed by atoms with Gasteiger partial charge in [-0.1, -0.05) is 58.0 Å². The van der Waals surface area contributed by atoms with E-state index in [2.05, 4.69) is 5.32 Å². The minimum atomic E-state index is -0.988. The number of hydrogen-bond acceptors (Lipinski definition) is 5. The maximum absolute atomic E-state index is 13.8. The van der Waals surface area contributed by atoms with Crippen molar-refractivity contribution in [1.29, 1.82) is 0 Å². The highest BCUT2D eigenvalue weighted by molar-refractivity contribution is 6.09. The van der Waals surface area contributed by atoms with E-state index in [0.717, 1.165) is 12.0 Å². The largest absolute Gasteiger partial charge is 0.462 e. The minimum absolute atomic E-state index is 0.217. The molecule has 2 aromatic rings. The van der Waals surface area contributed by atoms with Gasteiger partial charge in [-0.15, -0.1) is 0 Å². The summed E-state index contributed by atoms with van der Waals surface area (Å²) in [7, 11) is 0. The lowest BCUT2D eigenvalue weighted by molar-refractivity contribution is -0.172. The van der Waals surface area contributed by atoms with Crippen LogP contribution in [-0.2, 0) is 25.5 Å². The molecule has 2 aromatic carbocycles. The third-order valence-electron chi connectivity index (χ3n) is 8.16. The van der Waals surface area contributed by atoms with Crippen molar-refractivity contribution < 1.29 is 23.9 Å². The highest BCUT2D eigenvalue weighted by Crippen LogP contribution is 2.60. The average molecular weight is 491 g/mol. The fourth-order valence-corrected chi connectivity index (χ4v) is 5.48. The van der Waals surface area contributed by atoms with Crippen molar-refractivity contribution >= 4 is 29.4 Å². The Hall–Kier alpha value is -3.48. The van der Waals surface area contributed by atoms with Crippen molar-refractivity contribution in [3.8, 4) is 0 Å². The number of anilines is 1. The van der Waals surface area contributed by atoms with Crippen molar-refractivity contribution in [3.05, 3.63) is 65.7 Å². The fourth-order valence-electron chi connectivity index (χ4n) is 5.48. The summed E-state index contributed by atoms with van der Waals surface area (Å²) in [5.41, 5.74) is 0.538. The first kappa shape index (κ1) is 25.6. The number of nitrogens with one attached hydrogen (secondary N) is 1. The molecule has 1 saturated heterocycles. The predicted octanol–water partition coefficient (Wildman–Crippen LogP) is 4.61. The summed E-state index contributed by atoms with van der Waals surface area (Å²) in [5.74, 6) is -1.72. The third-order valence-corrected chi connectivity index (χ3v) is 8.16. The van der Waals surface area contributed by atoms with Crippen LogP contribution >= 0.6 is 0 Å². The second-order valence-electron chi connectivity index (χ2n) is 10.6. The lowest BCUT2D eigenvalue weighted by atomic mass is 9.62. The molecular weight excluding hydrogens is 456 g/mol. The summed E-state index contributed by atoms with van der Waals surface area (Å²) in [6.45, 7) is 8.15. The van der Waals surface area contributed by atoms with E-state index in [-0.39, 0.29) is 24.2 Å². The molecule has 2 aliphatic rings. The number of amides is 3. The number of carbonyl (C=O) groups excluding carboxylic acids is 4. The summed E-state index contributed by atoms with van der Waals surface area (Å²) in [5, 5.41) is 2.86. The standard InChI is InChI=1S/C29H34N2O5/c1-5-17-36-26(34)20-11-13-21(14-12-20)30-24(32)23(18-19-9-7-6-8-10-19)31-25(33)22-15-16-29(4,27(31)35)28(22,2)3/h6-14,22-23H,5,15-18H2,1-4H3,(H,30,32). The molecule has 3 unspecified atom stereocenters. The maximum atomic E-state index is 13.8. The van der Waals surface area contributed by atoms with Gasteiger partial charge in [-0.25, -0.2) is 4.79 Å². The van der Waals surface area contributed by atoms with E-state index in [1.165, 1.54) is 4.90 Å². The summed E-state index contributed by atoms with van der Waals surface area (Å²) < 4.78 is 5.15. The van der Waals surface area contributed by atoms with Crippen molar-refractivity contribution in [1.82, 2.24) is 4.90 Å². The number of nitrogens with zero attached hydrogens (tertiary/aromatic N) is 1. The Labute approximate surface area is 212 Å². The Morgan fingerprint density at radius 2 is 1.72 bits per heavy atom. The Balaban J connectivity index is 1.61. The normalized spacial score (nSPS) is 23.3. The molecule has 1 aliphatic carbocycles. The lowest BCUT2D eigenvalue weighted by Gasteiger charge is -2.49. The molecule has 1 aliphatic heterocycles. The first-order valence-corrected chi connectivity index (χ1v) is 12.6. The van der Waals surface area contributed by atoms with Crippen molar-refractivity contribution in [2.45, 2.75) is 59.4 Å². The molecule has 190 valence electrons. The highest BCUT2D eigenvalue weighted by Gasteiger charge is 2.65. The number of hydrogen-bond donors (Lipinski definition) is 1. The number of carbonyl (C=O) groups is 4. The first-order chi connectivity index (χ1) is 17.1. The zero-order valence-electron chi connectivity index (χ0n) is 21.4. The summed E-state index contributed by atoms with van der Waals surface area (Å²) in [4.78, 5) is 54.3. The topological polar surface area (TPSA) is 92.8 Å². The van der Waals surface area contributed by atoms with Crippen LogP contribution in [-0.4, -0.2) is 41.2 Å².